The quantitative estimate of drug-likeness (QED) is 0.852. The van der Waals surface area contributed by atoms with Crippen LogP contribution in [0.15, 0.2) is 41.5 Å². The number of hydrogen-bond acceptors (Lipinski definition) is 4. The molecule has 1 atom stereocenters. The number of anilines is 1. The lowest BCUT2D eigenvalue weighted by Gasteiger charge is -2.32. The molecule has 0 spiro atoms. The van der Waals surface area contributed by atoms with Gasteiger partial charge in [0.1, 0.15) is 0 Å². The largest absolute Gasteiger partial charge is 0.338 e. The summed E-state index contributed by atoms with van der Waals surface area (Å²) in [7, 11) is 0. The molecule has 2 aromatic rings. The maximum absolute atomic E-state index is 12.9. The van der Waals surface area contributed by atoms with Crippen LogP contribution in [0.2, 0.25) is 0 Å². The van der Waals surface area contributed by atoms with Crippen LogP contribution in [0.3, 0.4) is 0 Å². The second kappa shape index (κ2) is 7.96. The van der Waals surface area contributed by atoms with Crippen LogP contribution in [0.1, 0.15) is 54.1 Å². The van der Waals surface area contributed by atoms with Crippen molar-refractivity contribution in [1.82, 2.24) is 14.9 Å². The summed E-state index contributed by atoms with van der Waals surface area (Å²) in [6, 6.07) is 8.59. The minimum absolute atomic E-state index is 0.0357. The van der Waals surface area contributed by atoms with Gasteiger partial charge in [-0.05, 0) is 49.9 Å². The van der Waals surface area contributed by atoms with E-state index in [1.54, 1.807) is 24.3 Å². The molecule has 1 aromatic heterocycles. The SMILES string of the molecule is O=C(Nc1ccc(C(=O)N2CCC[C@@H](c3cc(=O)[nH]cn3)C2)cc1)C1CCC1. The van der Waals surface area contributed by atoms with Gasteiger partial charge in [-0.2, -0.15) is 0 Å². The molecule has 2 N–H and O–H groups in total. The molecule has 7 heteroatoms. The lowest BCUT2D eigenvalue weighted by atomic mass is 9.85. The molecule has 1 aliphatic carbocycles. The van der Waals surface area contributed by atoms with Gasteiger partial charge < -0.3 is 15.2 Å². The second-order valence-corrected chi connectivity index (χ2v) is 7.62. The first-order valence-corrected chi connectivity index (χ1v) is 9.85. The molecule has 146 valence electrons. The standard InChI is InChI=1S/C21H24N4O3/c26-19-11-18(22-13-23-19)16-5-2-10-25(12-16)21(28)15-6-8-17(9-7-15)24-20(27)14-3-1-4-14/h6-9,11,13-14,16H,1-5,10,12H2,(H,24,27)(H,22,23,26)/t16-/m1/s1. The summed E-state index contributed by atoms with van der Waals surface area (Å²) in [6.45, 7) is 1.24. The Balaban J connectivity index is 1.40. The Morgan fingerprint density at radius 2 is 1.89 bits per heavy atom. The number of nitrogens with one attached hydrogen (secondary N) is 2. The molecule has 2 amide bonds. The van der Waals surface area contributed by atoms with Crippen molar-refractivity contribution >= 4 is 17.5 Å². The maximum Gasteiger partial charge on any atom is 0.253 e. The van der Waals surface area contributed by atoms with Gasteiger partial charge in [-0.1, -0.05) is 6.42 Å². The van der Waals surface area contributed by atoms with E-state index >= 15 is 0 Å². The van der Waals surface area contributed by atoms with E-state index in [0.717, 1.165) is 43.5 Å². The predicted octanol–water partition coefficient (Wildman–Crippen LogP) is 2.53. The Labute approximate surface area is 163 Å². The van der Waals surface area contributed by atoms with E-state index in [4.69, 9.17) is 0 Å². The highest BCUT2D eigenvalue weighted by Crippen LogP contribution is 2.28. The molecule has 2 fully saturated rings. The van der Waals surface area contributed by atoms with Crippen molar-refractivity contribution in [1.29, 1.82) is 0 Å². The van der Waals surface area contributed by atoms with Gasteiger partial charge >= 0.3 is 0 Å². The fourth-order valence-corrected chi connectivity index (χ4v) is 3.80. The first-order chi connectivity index (χ1) is 13.6. The zero-order chi connectivity index (χ0) is 19.5. The van der Waals surface area contributed by atoms with Crippen LogP contribution < -0.4 is 10.9 Å². The third kappa shape index (κ3) is 3.98. The van der Waals surface area contributed by atoms with Crippen LogP contribution in [0.25, 0.3) is 0 Å². The first-order valence-electron chi connectivity index (χ1n) is 9.85. The number of carbonyl (C=O) groups excluding carboxylic acids is 2. The number of benzene rings is 1. The Bertz CT molecular complexity index is 918. The average Bonchev–Trinajstić information content (AvgIpc) is 2.67. The fourth-order valence-electron chi connectivity index (χ4n) is 3.80. The molecule has 2 heterocycles. The van der Waals surface area contributed by atoms with Gasteiger partial charge in [-0.15, -0.1) is 0 Å². The minimum Gasteiger partial charge on any atom is -0.338 e. The zero-order valence-corrected chi connectivity index (χ0v) is 15.7. The number of rotatable bonds is 4. The topological polar surface area (TPSA) is 95.2 Å². The molecule has 1 saturated heterocycles. The molecule has 2 aliphatic rings. The highest BCUT2D eigenvalue weighted by molar-refractivity contribution is 5.96. The first kappa shape index (κ1) is 18.4. The van der Waals surface area contributed by atoms with Gasteiger partial charge in [-0.25, -0.2) is 4.98 Å². The van der Waals surface area contributed by atoms with Gasteiger partial charge in [0, 0.05) is 42.2 Å². The van der Waals surface area contributed by atoms with E-state index in [1.165, 1.54) is 12.4 Å². The fraction of sp³-hybridized carbons (Fsp3) is 0.429. The smallest absolute Gasteiger partial charge is 0.253 e. The van der Waals surface area contributed by atoms with E-state index in [2.05, 4.69) is 15.3 Å². The number of aromatic amines is 1. The number of aromatic nitrogens is 2. The van der Waals surface area contributed by atoms with Crippen molar-refractivity contribution in [2.45, 2.75) is 38.0 Å². The maximum atomic E-state index is 12.9. The summed E-state index contributed by atoms with van der Waals surface area (Å²) < 4.78 is 0. The van der Waals surface area contributed by atoms with Crippen molar-refractivity contribution in [3.8, 4) is 0 Å². The van der Waals surface area contributed by atoms with Crippen molar-refractivity contribution in [3.05, 3.63) is 58.3 Å². The third-order valence-electron chi connectivity index (χ3n) is 5.70. The molecule has 28 heavy (non-hydrogen) atoms. The lowest BCUT2D eigenvalue weighted by molar-refractivity contribution is -0.122. The summed E-state index contributed by atoms with van der Waals surface area (Å²) in [6.07, 6.45) is 6.23. The molecule has 0 radical (unpaired) electrons. The van der Waals surface area contributed by atoms with Crippen LogP contribution in [0.4, 0.5) is 5.69 Å². The molecule has 4 rings (SSSR count). The molecule has 1 saturated carbocycles. The summed E-state index contributed by atoms with van der Waals surface area (Å²) in [5, 5.41) is 2.92. The summed E-state index contributed by atoms with van der Waals surface area (Å²) in [5.41, 5.74) is 1.88. The molecule has 0 unspecified atom stereocenters. The summed E-state index contributed by atoms with van der Waals surface area (Å²) in [4.78, 5) is 45.1. The lowest BCUT2D eigenvalue weighted by Crippen LogP contribution is -2.39. The van der Waals surface area contributed by atoms with Crippen molar-refractivity contribution in [2.75, 3.05) is 18.4 Å². The Hall–Kier alpha value is -2.96. The van der Waals surface area contributed by atoms with E-state index in [9.17, 15) is 14.4 Å². The number of carbonyl (C=O) groups is 2. The molecular formula is C21H24N4O3. The number of nitrogens with zero attached hydrogens (tertiary/aromatic N) is 2. The van der Waals surface area contributed by atoms with Gasteiger partial charge in [0.15, 0.2) is 0 Å². The van der Waals surface area contributed by atoms with E-state index in [1.807, 2.05) is 4.90 Å². The van der Waals surface area contributed by atoms with Crippen LogP contribution in [-0.2, 0) is 4.79 Å². The number of hydrogen-bond donors (Lipinski definition) is 2. The number of piperidine rings is 1. The van der Waals surface area contributed by atoms with Gasteiger partial charge in [0.05, 0.1) is 12.0 Å². The van der Waals surface area contributed by atoms with E-state index < -0.39 is 0 Å². The van der Waals surface area contributed by atoms with E-state index in [-0.39, 0.29) is 29.2 Å². The molecule has 1 aliphatic heterocycles. The Morgan fingerprint density at radius 3 is 2.57 bits per heavy atom. The van der Waals surface area contributed by atoms with Crippen LogP contribution in [-0.4, -0.2) is 39.8 Å². The molecule has 1 aromatic carbocycles. The minimum atomic E-state index is -0.173. The second-order valence-electron chi connectivity index (χ2n) is 7.62. The predicted molar refractivity (Wildman–Crippen MR) is 105 cm³/mol. The van der Waals surface area contributed by atoms with Crippen molar-refractivity contribution in [2.24, 2.45) is 5.92 Å². The highest BCUT2D eigenvalue weighted by atomic mass is 16.2. The molecule has 0 bridgehead atoms. The zero-order valence-electron chi connectivity index (χ0n) is 15.7. The van der Waals surface area contributed by atoms with Gasteiger partial charge in [0.25, 0.3) is 11.5 Å². The van der Waals surface area contributed by atoms with Gasteiger partial charge in [-0.3, -0.25) is 14.4 Å². The average molecular weight is 380 g/mol. The van der Waals surface area contributed by atoms with E-state index in [0.29, 0.717) is 18.7 Å². The Morgan fingerprint density at radius 1 is 1.11 bits per heavy atom. The Kier molecular flexibility index (Phi) is 5.23. The van der Waals surface area contributed by atoms with Gasteiger partial charge in [0.2, 0.25) is 5.91 Å². The summed E-state index contributed by atoms with van der Waals surface area (Å²) >= 11 is 0. The van der Waals surface area contributed by atoms with Crippen molar-refractivity contribution < 1.29 is 9.59 Å². The van der Waals surface area contributed by atoms with Crippen LogP contribution in [0, 0.1) is 5.92 Å². The summed E-state index contributed by atoms with van der Waals surface area (Å²) in [5.74, 6) is 0.229. The normalized spacial score (nSPS) is 19.7. The van der Waals surface area contributed by atoms with Crippen LogP contribution >= 0.6 is 0 Å². The number of H-pyrrole nitrogens is 1. The number of amides is 2. The molecule has 7 nitrogen and oxygen atoms in total. The highest BCUT2D eigenvalue weighted by Gasteiger charge is 2.27. The monoisotopic (exact) mass is 380 g/mol. The number of likely N-dealkylation sites (tertiary alicyclic amines) is 1. The van der Waals surface area contributed by atoms with Crippen molar-refractivity contribution in [3.63, 3.8) is 0 Å². The molecular weight excluding hydrogens is 356 g/mol. The third-order valence-corrected chi connectivity index (χ3v) is 5.70. The van der Waals surface area contributed by atoms with Crippen LogP contribution in [0.5, 0.6) is 0 Å².